The Kier molecular flexibility index (Phi) is 2.46. The van der Waals surface area contributed by atoms with Crippen LogP contribution >= 0.6 is 0 Å². The molecule has 0 bridgehead atoms. The van der Waals surface area contributed by atoms with E-state index in [0.717, 1.165) is 6.42 Å². The van der Waals surface area contributed by atoms with E-state index in [4.69, 9.17) is 5.73 Å². The minimum atomic E-state index is -0.869. The van der Waals surface area contributed by atoms with Gasteiger partial charge in [-0.3, -0.25) is 4.79 Å². The van der Waals surface area contributed by atoms with Crippen molar-refractivity contribution in [3.63, 3.8) is 0 Å². The van der Waals surface area contributed by atoms with Crippen LogP contribution in [-0.2, 0) is 4.79 Å². The predicted molar refractivity (Wildman–Crippen MR) is 40.9 cm³/mol. The highest BCUT2D eigenvalue weighted by atomic mass is 16.3. The molecule has 1 fully saturated rings. The molecule has 1 aliphatic heterocycles. The third-order valence-corrected chi connectivity index (χ3v) is 2.04. The average Bonchev–Trinajstić information content (AvgIpc) is 2.15. The summed E-state index contributed by atoms with van der Waals surface area (Å²) in [5, 5.41) is 12.3. The number of hydrogen-bond acceptors (Lipinski definition) is 3. The second kappa shape index (κ2) is 3.19. The second-order valence-corrected chi connectivity index (χ2v) is 3.06. The Labute approximate surface area is 65.8 Å². The number of carbonyl (C=O) groups excluding carboxylic acids is 1. The monoisotopic (exact) mass is 158 g/mol. The number of carbonyl (C=O) groups is 1. The van der Waals surface area contributed by atoms with Gasteiger partial charge in [-0.2, -0.15) is 0 Å². The zero-order valence-electron chi connectivity index (χ0n) is 6.47. The number of hydrogen-bond donors (Lipinski definition) is 3. The summed E-state index contributed by atoms with van der Waals surface area (Å²) in [6.45, 7) is 0.510. The molecule has 0 aromatic heterocycles. The first kappa shape index (κ1) is 8.49. The molecular formula is C7H14N2O2. The summed E-state index contributed by atoms with van der Waals surface area (Å²) in [6, 6.07) is 0. The molecule has 1 rings (SSSR count). The molecule has 4 nitrogen and oxygen atoms in total. The van der Waals surface area contributed by atoms with Crippen molar-refractivity contribution in [2.75, 3.05) is 13.1 Å². The molecule has 4 N–H and O–H groups in total. The van der Waals surface area contributed by atoms with Crippen LogP contribution in [0.5, 0.6) is 0 Å². The first-order chi connectivity index (χ1) is 5.16. The molecule has 1 saturated heterocycles. The lowest BCUT2D eigenvalue weighted by Gasteiger charge is -2.23. The maximum absolute atomic E-state index is 10.8. The standard InChI is InChI=1S/C7H14N2O2/c8-4-7(11)3-1-2-6(10)9-5-7/h11H,1-5,8H2,(H,9,10). The molecule has 11 heavy (non-hydrogen) atoms. The van der Waals surface area contributed by atoms with Crippen LogP contribution in [0, 0.1) is 0 Å². The Morgan fingerprint density at radius 2 is 2.45 bits per heavy atom. The number of rotatable bonds is 1. The number of β-amino-alcohol motifs (C(OH)–C–C–N with tert-alkyl or cyclic N) is 1. The summed E-state index contributed by atoms with van der Waals surface area (Å²) in [6.07, 6.45) is 1.84. The Morgan fingerprint density at radius 3 is 3.09 bits per heavy atom. The van der Waals surface area contributed by atoms with E-state index in [1.54, 1.807) is 0 Å². The van der Waals surface area contributed by atoms with E-state index in [1.807, 2.05) is 0 Å². The normalized spacial score (nSPS) is 32.7. The fraction of sp³-hybridized carbons (Fsp3) is 0.857. The van der Waals surface area contributed by atoms with Crippen LogP contribution in [0.2, 0.25) is 0 Å². The number of amides is 1. The molecule has 1 aliphatic rings. The Balaban J connectivity index is 2.52. The van der Waals surface area contributed by atoms with E-state index in [2.05, 4.69) is 5.32 Å². The van der Waals surface area contributed by atoms with Gasteiger partial charge in [0.1, 0.15) is 0 Å². The molecule has 0 aliphatic carbocycles. The van der Waals surface area contributed by atoms with Crippen molar-refractivity contribution in [1.29, 1.82) is 0 Å². The molecule has 1 unspecified atom stereocenters. The van der Waals surface area contributed by atoms with Crippen LogP contribution in [-0.4, -0.2) is 29.7 Å². The van der Waals surface area contributed by atoms with Gasteiger partial charge < -0.3 is 16.2 Å². The second-order valence-electron chi connectivity index (χ2n) is 3.06. The highest BCUT2D eigenvalue weighted by Crippen LogP contribution is 2.14. The first-order valence-electron chi connectivity index (χ1n) is 3.85. The highest BCUT2D eigenvalue weighted by molar-refractivity contribution is 5.76. The van der Waals surface area contributed by atoms with Crippen LogP contribution in [0.25, 0.3) is 0 Å². The summed E-state index contributed by atoms with van der Waals surface area (Å²) in [4.78, 5) is 10.8. The van der Waals surface area contributed by atoms with Crippen LogP contribution in [0.4, 0.5) is 0 Å². The molecule has 0 radical (unpaired) electrons. The predicted octanol–water partition coefficient (Wildman–Crippen LogP) is -1.02. The van der Waals surface area contributed by atoms with Crippen LogP contribution < -0.4 is 11.1 Å². The lowest BCUT2D eigenvalue weighted by molar-refractivity contribution is -0.121. The summed E-state index contributed by atoms with van der Waals surface area (Å²) < 4.78 is 0. The molecule has 4 heteroatoms. The van der Waals surface area contributed by atoms with Crippen molar-refractivity contribution < 1.29 is 9.90 Å². The quantitative estimate of drug-likeness (QED) is 0.457. The maximum Gasteiger partial charge on any atom is 0.220 e. The van der Waals surface area contributed by atoms with Gasteiger partial charge in [-0.1, -0.05) is 0 Å². The zero-order valence-corrected chi connectivity index (χ0v) is 6.47. The van der Waals surface area contributed by atoms with Crippen molar-refractivity contribution in [2.24, 2.45) is 5.73 Å². The van der Waals surface area contributed by atoms with Crippen molar-refractivity contribution in [1.82, 2.24) is 5.32 Å². The molecular weight excluding hydrogens is 144 g/mol. The van der Waals surface area contributed by atoms with Gasteiger partial charge in [-0.25, -0.2) is 0 Å². The van der Waals surface area contributed by atoms with E-state index >= 15 is 0 Å². The Morgan fingerprint density at radius 1 is 1.73 bits per heavy atom. The lowest BCUT2D eigenvalue weighted by atomic mass is 9.98. The minimum Gasteiger partial charge on any atom is -0.387 e. The summed E-state index contributed by atoms with van der Waals surface area (Å²) in [7, 11) is 0. The lowest BCUT2D eigenvalue weighted by Crippen LogP contribution is -2.46. The van der Waals surface area contributed by atoms with Crippen molar-refractivity contribution in [3.05, 3.63) is 0 Å². The average molecular weight is 158 g/mol. The smallest absolute Gasteiger partial charge is 0.220 e. The molecule has 1 heterocycles. The fourth-order valence-electron chi connectivity index (χ4n) is 1.19. The molecule has 64 valence electrons. The molecule has 1 atom stereocenters. The van der Waals surface area contributed by atoms with Crippen LogP contribution in [0.3, 0.4) is 0 Å². The topological polar surface area (TPSA) is 75.3 Å². The molecule has 0 spiro atoms. The van der Waals surface area contributed by atoms with Gasteiger partial charge in [0.25, 0.3) is 0 Å². The number of aliphatic hydroxyl groups is 1. The van der Waals surface area contributed by atoms with E-state index in [-0.39, 0.29) is 12.5 Å². The van der Waals surface area contributed by atoms with Gasteiger partial charge in [-0.05, 0) is 12.8 Å². The zero-order chi connectivity index (χ0) is 8.32. The molecule has 0 aromatic carbocycles. The Hall–Kier alpha value is -0.610. The molecule has 0 aromatic rings. The van der Waals surface area contributed by atoms with Gasteiger partial charge >= 0.3 is 0 Å². The fourth-order valence-corrected chi connectivity index (χ4v) is 1.19. The third-order valence-electron chi connectivity index (χ3n) is 2.04. The third kappa shape index (κ3) is 2.17. The van der Waals surface area contributed by atoms with Crippen molar-refractivity contribution in [3.8, 4) is 0 Å². The van der Waals surface area contributed by atoms with E-state index in [0.29, 0.717) is 19.4 Å². The van der Waals surface area contributed by atoms with Gasteiger partial charge in [0.05, 0.1) is 5.60 Å². The van der Waals surface area contributed by atoms with Crippen molar-refractivity contribution >= 4 is 5.91 Å². The number of nitrogens with one attached hydrogen (secondary N) is 1. The SMILES string of the molecule is NCC1(O)CCCC(=O)NC1. The van der Waals surface area contributed by atoms with Gasteiger partial charge in [0, 0.05) is 19.5 Å². The van der Waals surface area contributed by atoms with Gasteiger partial charge in [-0.15, -0.1) is 0 Å². The minimum absolute atomic E-state index is 0.00868. The van der Waals surface area contributed by atoms with Gasteiger partial charge in [0.2, 0.25) is 5.91 Å². The molecule has 1 amide bonds. The van der Waals surface area contributed by atoms with E-state index in [1.165, 1.54) is 0 Å². The maximum atomic E-state index is 10.8. The first-order valence-corrected chi connectivity index (χ1v) is 3.85. The summed E-state index contributed by atoms with van der Waals surface area (Å²) >= 11 is 0. The van der Waals surface area contributed by atoms with E-state index in [9.17, 15) is 9.90 Å². The van der Waals surface area contributed by atoms with Crippen LogP contribution in [0.15, 0.2) is 0 Å². The van der Waals surface area contributed by atoms with Gasteiger partial charge in [0.15, 0.2) is 0 Å². The number of nitrogens with two attached hydrogens (primary N) is 1. The summed E-state index contributed by atoms with van der Waals surface area (Å²) in [5.74, 6) is 0.00868. The Bertz CT molecular complexity index is 161. The van der Waals surface area contributed by atoms with Crippen LogP contribution in [0.1, 0.15) is 19.3 Å². The summed E-state index contributed by atoms with van der Waals surface area (Å²) in [5.41, 5.74) is 4.48. The highest BCUT2D eigenvalue weighted by Gasteiger charge is 2.27. The van der Waals surface area contributed by atoms with Crippen molar-refractivity contribution in [2.45, 2.75) is 24.9 Å². The van der Waals surface area contributed by atoms with E-state index < -0.39 is 5.60 Å². The largest absolute Gasteiger partial charge is 0.387 e. The molecule has 0 saturated carbocycles.